The molecule has 0 radical (unpaired) electrons. The van der Waals surface area contributed by atoms with Crippen LogP contribution in [0, 0.1) is 6.92 Å². The van der Waals surface area contributed by atoms with Crippen molar-refractivity contribution in [2.45, 2.75) is 43.4 Å². The lowest BCUT2D eigenvalue weighted by molar-refractivity contribution is 0.102. The van der Waals surface area contributed by atoms with Crippen molar-refractivity contribution in [1.29, 1.82) is 0 Å². The van der Waals surface area contributed by atoms with E-state index < -0.39 is 10.0 Å². The van der Waals surface area contributed by atoms with E-state index in [-0.39, 0.29) is 15.4 Å². The molecule has 1 fully saturated rings. The number of hydrogen-bond donors (Lipinski definition) is 2. The number of nitrogens with zero attached hydrogens (tertiary/aromatic N) is 3. The van der Waals surface area contributed by atoms with Gasteiger partial charge in [-0.2, -0.15) is 0 Å². The van der Waals surface area contributed by atoms with Gasteiger partial charge < -0.3 is 4.90 Å². The van der Waals surface area contributed by atoms with E-state index >= 15 is 0 Å². The lowest BCUT2D eigenvalue weighted by Gasteiger charge is -2.19. The van der Waals surface area contributed by atoms with Crippen molar-refractivity contribution >= 4 is 32.4 Å². The highest BCUT2D eigenvalue weighted by Crippen LogP contribution is 2.20. The number of nitrogens with one attached hydrogen (secondary N) is 2. The highest BCUT2D eigenvalue weighted by atomic mass is 32.2. The van der Waals surface area contributed by atoms with Crippen LogP contribution in [0.4, 0.5) is 5.13 Å². The van der Waals surface area contributed by atoms with Gasteiger partial charge in [0.15, 0.2) is 0 Å². The molecule has 0 aliphatic carbocycles. The van der Waals surface area contributed by atoms with E-state index in [2.05, 4.69) is 25.1 Å². The van der Waals surface area contributed by atoms with Crippen LogP contribution in [-0.2, 0) is 10.0 Å². The molecule has 1 aromatic carbocycles. The number of rotatable bonds is 8. The van der Waals surface area contributed by atoms with Crippen LogP contribution >= 0.6 is 11.3 Å². The van der Waals surface area contributed by atoms with Crippen molar-refractivity contribution in [1.82, 2.24) is 19.8 Å². The Morgan fingerprint density at radius 1 is 1.17 bits per heavy atom. The van der Waals surface area contributed by atoms with E-state index in [4.69, 9.17) is 0 Å². The Balaban J connectivity index is 1.49. The highest BCUT2D eigenvalue weighted by Gasteiger charge is 2.21. The van der Waals surface area contributed by atoms with Gasteiger partial charge in [-0.3, -0.25) is 10.1 Å². The standard InChI is InChI=1S/C19H27N5O3S2/c1-15-8-6-9-16(14-15)17(25)21-18-22-23-19(28-18)29(26,27)20-10-7-13-24-11-4-2-3-5-12-24/h6,8-9,14,20H,2-5,7,10-13H2,1H3,(H,21,22,25). The maximum absolute atomic E-state index is 12.4. The summed E-state index contributed by atoms with van der Waals surface area (Å²) >= 11 is 0.841. The van der Waals surface area contributed by atoms with Gasteiger partial charge in [-0.05, 0) is 58.0 Å². The maximum atomic E-state index is 12.4. The molecule has 0 saturated carbocycles. The monoisotopic (exact) mass is 437 g/mol. The minimum absolute atomic E-state index is 0.146. The highest BCUT2D eigenvalue weighted by molar-refractivity contribution is 7.91. The molecule has 1 saturated heterocycles. The van der Waals surface area contributed by atoms with Gasteiger partial charge in [-0.15, -0.1) is 10.2 Å². The zero-order chi connectivity index (χ0) is 20.7. The summed E-state index contributed by atoms with van der Waals surface area (Å²) in [6.07, 6.45) is 5.74. The summed E-state index contributed by atoms with van der Waals surface area (Å²) in [5.74, 6) is -0.348. The topological polar surface area (TPSA) is 104 Å². The molecule has 10 heteroatoms. The summed E-state index contributed by atoms with van der Waals surface area (Å²) in [6, 6.07) is 7.12. The van der Waals surface area contributed by atoms with Gasteiger partial charge >= 0.3 is 0 Å². The van der Waals surface area contributed by atoms with Crippen molar-refractivity contribution in [3.8, 4) is 0 Å². The lowest BCUT2D eigenvalue weighted by Crippen LogP contribution is -2.30. The second-order valence-electron chi connectivity index (χ2n) is 7.20. The van der Waals surface area contributed by atoms with E-state index in [9.17, 15) is 13.2 Å². The van der Waals surface area contributed by atoms with Gasteiger partial charge in [0.1, 0.15) is 0 Å². The van der Waals surface area contributed by atoms with E-state index in [0.29, 0.717) is 12.1 Å². The molecular weight excluding hydrogens is 410 g/mol. The average molecular weight is 438 g/mol. The van der Waals surface area contributed by atoms with Crippen molar-refractivity contribution in [2.75, 3.05) is 31.5 Å². The number of aromatic nitrogens is 2. The first-order valence-electron chi connectivity index (χ1n) is 9.87. The Morgan fingerprint density at radius 3 is 2.66 bits per heavy atom. The van der Waals surface area contributed by atoms with Gasteiger partial charge in [-0.25, -0.2) is 13.1 Å². The van der Waals surface area contributed by atoms with E-state index in [1.54, 1.807) is 18.2 Å². The molecule has 0 atom stereocenters. The number of aryl methyl sites for hydroxylation is 1. The molecule has 29 heavy (non-hydrogen) atoms. The smallest absolute Gasteiger partial charge is 0.269 e. The van der Waals surface area contributed by atoms with Gasteiger partial charge in [0, 0.05) is 12.1 Å². The summed E-state index contributed by atoms with van der Waals surface area (Å²) in [5.41, 5.74) is 1.44. The van der Waals surface area contributed by atoms with Crippen LogP contribution in [0.3, 0.4) is 0 Å². The van der Waals surface area contributed by atoms with Gasteiger partial charge in [-0.1, -0.05) is 41.9 Å². The SMILES string of the molecule is Cc1cccc(C(=O)Nc2nnc(S(=O)(=O)NCCCN3CCCCCC3)s2)c1. The summed E-state index contributed by atoms with van der Waals surface area (Å²) in [4.78, 5) is 14.7. The van der Waals surface area contributed by atoms with Crippen molar-refractivity contribution in [2.24, 2.45) is 0 Å². The second kappa shape index (κ2) is 10.2. The number of amides is 1. The normalized spacial score (nSPS) is 15.8. The Labute approximate surface area is 175 Å². The second-order valence-corrected chi connectivity index (χ2v) is 10.1. The summed E-state index contributed by atoms with van der Waals surface area (Å²) in [5, 5.41) is 10.3. The molecule has 0 spiro atoms. The van der Waals surface area contributed by atoms with Crippen molar-refractivity contribution < 1.29 is 13.2 Å². The van der Waals surface area contributed by atoms with E-state index in [1.165, 1.54) is 25.7 Å². The zero-order valence-electron chi connectivity index (χ0n) is 16.6. The number of carbonyl (C=O) groups is 1. The van der Waals surface area contributed by atoms with Crippen LogP contribution in [0.5, 0.6) is 0 Å². The van der Waals surface area contributed by atoms with Crippen molar-refractivity contribution in [3.05, 3.63) is 35.4 Å². The Bertz CT molecular complexity index is 921. The lowest BCUT2D eigenvalue weighted by atomic mass is 10.1. The van der Waals surface area contributed by atoms with Crippen LogP contribution in [0.25, 0.3) is 0 Å². The summed E-state index contributed by atoms with van der Waals surface area (Å²) in [7, 11) is -3.73. The number of benzene rings is 1. The number of likely N-dealkylation sites (tertiary alicyclic amines) is 1. The fraction of sp³-hybridized carbons (Fsp3) is 0.526. The van der Waals surface area contributed by atoms with Crippen LogP contribution in [0.1, 0.15) is 48.0 Å². The molecule has 0 unspecified atom stereocenters. The molecule has 1 aliphatic heterocycles. The molecule has 158 valence electrons. The Kier molecular flexibility index (Phi) is 7.70. The van der Waals surface area contributed by atoms with Gasteiger partial charge in [0.05, 0.1) is 0 Å². The third kappa shape index (κ3) is 6.56. The Hall–Kier alpha value is -1.88. The molecule has 1 amide bonds. The first-order valence-corrected chi connectivity index (χ1v) is 12.2. The first kappa shape index (κ1) is 21.8. The van der Waals surface area contributed by atoms with Gasteiger partial charge in [0.25, 0.3) is 15.9 Å². The predicted octanol–water partition coefficient (Wildman–Crippen LogP) is 2.64. The largest absolute Gasteiger partial charge is 0.303 e. The molecule has 1 aromatic heterocycles. The molecule has 8 nitrogen and oxygen atoms in total. The molecule has 1 aliphatic rings. The van der Waals surface area contributed by atoms with E-state index in [0.717, 1.165) is 43.0 Å². The quantitative estimate of drug-likeness (QED) is 0.486. The zero-order valence-corrected chi connectivity index (χ0v) is 18.2. The Morgan fingerprint density at radius 2 is 1.93 bits per heavy atom. The fourth-order valence-electron chi connectivity index (χ4n) is 3.26. The average Bonchev–Trinajstić information content (AvgIpc) is 3.01. The van der Waals surface area contributed by atoms with Crippen LogP contribution in [0.15, 0.2) is 28.6 Å². The number of sulfonamides is 1. The van der Waals surface area contributed by atoms with Crippen LogP contribution in [-0.4, -0.2) is 55.6 Å². The third-order valence-corrected chi connectivity index (χ3v) is 7.45. The molecule has 2 heterocycles. The maximum Gasteiger partial charge on any atom is 0.269 e. The minimum atomic E-state index is -3.73. The summed E-state index contributed by atoms with van der Waals surface area (Å²) < 4.78 is 27.3. The molecule has 0 bridgehead atoms. The molecule has 3 rings (SSSR count). The molecule has 2 aromatic rings. The van der Waals surface area contributed by atoms with E-state index in [1.807, 2.05) is 13.0 Å². The fourth-order valence-corrected chi connectivity index (χ4v) is 5.26. The minimum Gasteiger partial charge on any atom is -0.303 e. The predicted molar refractivity (Wildman–Crippen MR) is 114 cm³/mol. The molecular formula is C19H27N5O3S2. The van der Waals surface area contributed by atoms with Crippen LogP contribution in [0.2, 0.25) is 0 Å². The number of hydrogen-bond acceptors (Lipinski definition) is 7. The number of carbonyl (C=O) groups excluding carboxylic acids is 1. The van der Waals surface area contributed by atoms with Crippen LogP contribution < -0.4 is 10.0 Å². The summed E-state index contributed by atoms with van der Waals surface area (Å²) in [6.45, 7) is 5.31. The molecule has 2 N–H and O–H groups in total. The number of anilines is 1. The third-order valence-electron chi connectivity index (χ3n) is 4.78. The van der Waals surface area contributed by atoms with Gasteiger partial charge in [0.2, 0.25) is 9.47 Å². The first-order chi connectivity index (χ1) is 13.9. The van der Waals surface area contributed by atoms with Crippen molar-refractivity contribution in [3.63, 3.8) is 0 Å².